The van der Waals surface area contributed by atoms with Gasteiger partial charge in [-0.05, 0) is 46.8 Å². The number of carbonyl (C=O) groups excluding carboxylic acids is 6. The zero-order chi connectivity index (χ0) is 33.7. The molecule has 0 radical (unpaired) electrons. The van der Waals surface area contributed by atoms with Crippen LogP contribution in [-0.4, -0.2) is 83.8 Å². The van der Waals surface area contributed by atoms with Crippen molar-refractivity contribution in [2.75, 3.05) is 13.1 Å². The zero-order valence-electron chi connectivity index (χ0n) is 26.5. The van der Waals surface area contributed by atoms with Gasteiger partial charge in [0.1, 0.15) is 18.1 Å². The van der Waals surface area contributed by atoms with Gasteiger partial charge in [-0.25, -0.2) is 4.79 Å². The van der Waals surface area contributed by atoms with Crippen molar-refractivity contribution >= 4 is 35.4 Å². The summed E-state index contributed by atoms with van der Waals surface area (Å²) in [7, 11) is 0. The van der Waals surface area contributed by atoms with Gasteiger partial charge in [-0.3, -0.25) is 24.0 Å². The van der Waals surface area contributed by atoms with Crippen LogP contribution in [0.25, 0.3) is 0 Å². The number of nitrogens with zero attached hydrogens (tertiary/aromatic N) is 1. The van der Waals surface area contributed by atoms with Crippen LogP contribution in [0, 0.1) is 34.0 Å². The lowest BCUT2D eigenvalue weighted by molar-refractivity contribution is -0.173. The molecule has 6 atom stereocenters. The van der Waals surface area contributed by atoms with E-state index in [0.29, 0.717) is 12.8 Å². The zero-order valence-corrected chi connectivity index (χ0v) is 26.5. The Labute approximate surface area is 255 Å². The molecule has 3 rings (SSSR count). The molecule has 3 aliphatic rings. The minimum absolute atomic E-state index is 0.00891. The molecule has 0 aromatic rings. The lowest BCUT2D eigenvalue weighted by Crippen LogP contribution is -2.63. The van der Waals surface area contributed by atoms with Gasteiger partial charge in [0, 0.05) is 13.1 Å². The minimum atomic E-state index is -5.09. The van der Waals surface area contributed by atoms with Crippen LogP contribution in [0.5, 0.6) is 0 Å². The maximum absolute atomic E-state index is 14.1. The average Bonchev–Trinajstić information content (AvgIpc) is 3.74. The summed E-state index contributed by atoms with van der Waals surface area (Å²) in [6.45, 7) is 13.8. The second kappa shape index (κ2) is 11.8. The molecular formula is C29H45F3N6O6. The number of amides is 6. The smallest absolute Gasteiger partial charge is 0.363 e. The fraction of sp³-hybridized carbons (Fsp3) is 0.793. The van der Waals surface area contributed by atoms with E-state index in [1.807, 2.05) is 13.8 Å². The average molecular weight is 631 g/mol. The Balaban J connectivity index is 1.80. The van der Waals surface area contributed by atoms with Crippen LogP contribution in [0.2, 0.25) is 0 Å². The first-order chi connectivity index (χ1) is 19.9. The first-order valence-electron chi connectivity index (χ1n) is 14.8. The number of urea groups is 1. The van der Waals surface area contributed by atoms with Crippen LogP contribution < -0.4 is 27.0 Å². The van der Waals surface area contributed by atoms with E-state index in [9.17, 15) is 41.9 Å². The molecule has 0 aromatic heterocycles. The number of ketones is 1. The second-order valence-corrected chi connectivity index (χ2v) is 15.0. The van der Waals surface area contributed by atoms with E-state index in [4.69, 9.17) is 5.73 Å². The molecule has 0 spiro atoms. The largest absolute Gasteiger partial charge is 0.471 e. The van der Waals surface area contributed by atoms with Gasteiger partial charge in [0.15, 0.2) is 0 Å². The summed E-state index contributed by atoms with van der Waals surface area (Å²) >= 11 is 0. The van der Waals surface area contributed by atoms with E-state index in [-0.39, 0.29) is 29.7 Å². The van der Waals surface area contributed by atoms with Crippen molar-refractivity contribution in [1.82, 2.24) is 26.2 Å². The van der Waals surface area contributed by atoms with E-state index in [1.165, 1.54) is 4.90 Å². The molecule has 6 amide bonds. The Kier molecular flexibility index (Phi) is 9.45. The van der Waals surface area contributed by atoms with Crippen molar-refractivity contribution in [3.63, 3.8) is 0 Å². The Morgan fingerprint density at radius 2 is 1.48 bits per heavy atom. The Bertz CT molecular complexity index is 1200. The third-order valence-corrected chi connectivity index (χ3v) is 9.14. The van der Waals surface area contributed by atoms with Crippen molar-refractivity contribution in [3.8, 4) is 0 Å². The number of piperidine rings is 1. The predicted molar refractivity (Wildman–Crippen MR) is 152 cm³/mol. The van der Waals surface area contributed by atoms with Gasteiger partial charge in [-0.1, -0.05) is 55.4 Å². The topological polar surface area (TPSA) is 180 Å². The number of likely N-dealkylation sites (tertiary alicyclic amines) is 1. The number of nitrogens with two attached hydrogens (primary N) is 1. The van der Waals surface area contributed by atoms with Crippen LogP contribution in [0.15, 0.2) is 0 Å². The first-order valence-corrected chi connectivity index (χ1v) is 14.8. The number of carbonyl (C=O) groups is 6. The summed E-state index contributed by atoms with van der Waals surface area (Å²) in [6, 6.07) is -4.97. The molecule has 1 aliphatic heterocycles. The molecule has 248 valence electrons. The third-order valence-electron chi connectivity index (χ3n) is 9.14. The van der Waals surface area contributed by atoms with Crippen LogP contribution >= 0.6 is 0 Å². The molecular weight excluding hydrogens is 585 g/mol. The summed E-state index contributed by atoms with van der Waals surface area (Å²) in [5.74, 6) is -5.74. The van der Waals surface area contributed by atoms with Crippen molar-refractivity contribution in [2.45, 2.75) is 98.6 Å². The van der Waals surface area contributed by atoms with E-state index in [2.05, 4.69) is 16.0 Å². The van der Waals surface area contributed by atoms with Gasteiger partial charge >= 0.3 is 18.1 Å². The van der Waals surface area contributed by atoms with Crippen molar-refractivity contribution in [3.05, 3.63) is 0 Å². The Morgan fingerprint density at radius 3 is 1.93 bits per heavy atom. The van der Waals surface area contributed by atoms with Gasteiger partial charge < -0.3 is 31.9 Å². The number of fused-ring (bicyclic) bond motifs is 1. The highest BCUT2D eigenvalue weighted by molar-refractivity contribution is 6.38. The molecule has 2 saturated carbocycles. The molecule has 1 saturated heterocycles. The Hall–Kier alpha value is -3.39. The Morgan fingerprint density at radius 1 is 0.909 bits per heavy atom. The lowest BCUT2D eigenvalue weighted by Gasteiger charge is -2.38. The molecule has 6 N–H and O–H groups in total. The second-order valence-electron chi connectivity index (χ2n) is 15.0. The number of halogens is 3. The monoisotopic (exact) mass is 630 g/mol. The summed E-state index contributed by atoms with van der Waals surface area (Å²) in [6.07, 6.45) is -3.79. The summed E-state index contributed by atoms with van der Waals surface area (Å²) in [4.78, 5) is 77.8. The van der Waals surface area contributed by atoms with E-state index < -0.39 is 83.2 Å². The van der Waals surface area contributed by atoms with Gasteiger partial charge in [0.2, 0.25) is 17.6 Å². The van der Waals surface area contributed by atoms with Gasteiger partial charge in [0.25, 0.3) is 5.91 Å². The van der Waals surface area contributed by atoms with Gasteiger partial charge in [0.05, 0.1) is 6.04 Å². The summed E-state index contributed by atoms with van der Waals surface area (Å²) < 4.78 is 38.2. The number of Topliss-reactive ketones (excluding diaryl/α,β-unsaturated/α-hetero) is 1. The SMILES string of the molecule is CC(C)(C)[C@H](NC(=O)N[C@H](CNC(=O)C(F)(F)F)C(C)(C)C)C(=O)N1C[C@H]2[C@@H]([C@H]1C(=O)NC(C(=O)C(N)=O)C1CC1)C2(C)C. The molecule has 0 aromatic carbocycles. The number of alkyl halides is 3. The van der Waals surface area contributed by atoms with Crippen LogP contribution in [0.1, 0.15) is 68.2 Å². The molecule has 12 nitrogen and oxygen atoms in total. The normalized spacial score (nSPS) is 24.7. The molecule has 1 unspecified atom stereocenters. The first kappa shape index (κ1) is 35.1. The number of primary amides is 1. The molecule has 3 fully saturated rings. The standard InChI is InChI=1S/C29H45F3N6O6/c1-26(2,3)15(11-34-24(43)29(30,31)32)35-25(44)37-20(27(4,5)6)23(42)38-12-14-16(28(14,7)8)18(38)22(41)36-17(13-9-10-13)19(39)21(33)40/h13-18,20H,9-12H2,1-8H3,(H2,33,40)(H,34,43)(H,36,41)(H2,35,37,44)/t14-,15+,16-,17?,18-,20+/m0/s1. The highest BCUT2D eigenvalue weighted by Gasteiger charge is 2.70. The number of hydrogen-bond donors (Lipinski definition) is 5. The van der Waals surface area contributed by atoms with E-state index in [0.717, 1.165) is 0 Å². The molecule has 15 heteroatoms. The van der Waals surface area contributed by atoms with Crippen molar-refractivity contribution in [2.24, 2.45) is 39.7 Å². The fourth-order valence-electron chi connectivity index (χ4n) is 6.05. The maximum atomic E-state index is 14.1. The highest BCUT2D eigenvalue weighted by atomic mass is 19.4. The lowest BCUT2D eigenvalue weighted by atomic mass is 9.85. The number of nitrogens with one attached hydrogen (secondary N) is 4. The van der Waals surface area contributed by atoms with Crippen LogP contribution in [0.4, 0.5) is 18.0 Å². The third kappa shape index (κ3) is 7.63. The number of hydrogen-bond acceptors (Lipinski definition) is 6. The van der Waals surface area contributed by atoms with Crippen molar-refractivity contribution in [1.29, 1.82) is 0 Å². The minimum Gasteiger partial charge on any atom is -0.363 e. The highest BCUT2D eigenvalue weighted by Crippen LogP contribution is 2.65. The summed E-state index contributed by atoms with van der Waals surface area (Å²) in [5.41, 5.74) is 3.31. The molecule has 1 heterocycles. The quantitative estimate of drug-likeness (QED) is 0.227. The van der Waals surface area contributed by atoms with E-state index >= 15 is 0 Å². The van der Waals surface area contributed by atoms with Gasteiger partial charge in [-0.15, -0.1) is 0 Å². The fourth-order valence-corrected chi connectivity index (χ4v) is 6.05. The maximum Gasteiger partial charge on any atom is 0.471 e. The van der Waals surface area contributed by atoms with E-state index in [1.54, 1.807) is 46.9 Å². The summed E-state index contributed by atoms with van der Waals surface area (Å²) in [5, 5.41) is 9.69. The molecule has 0 bridgehead atoms. The van der Waals surface area contributed by atoms with Gasteiger partial charge in [-0.2, -0.15) is 13.2 Å². The van der Waals surface area contributed by atoms with Crippen LogP contribution in [0.3, 0.4) is 0 Å². The predicted octanol–water partition coefficient (Wildman–Crippen LogP) is 1.23. The van der Waals surface area contributed by atoms with Crippen molar-refractivity contribution < 1.29 is 41.9 Å². The number of rotatable bonds is 10. The molecule has 44 heavy (non-hydrogen) atoms. The van der Waals surface area contributed by atoms with Crippen LogP contribution in [-0.2, 0) is 24.0 Å². The molecule has 2 aliphatic carbocycles.